The number of tetrazole rings is 1. The lowest BCUT2D eigenvalue weighted by atomic mass is 10.2. The first-order chi connectivity index (χ1) is 8.29. The second kappa shape index (κ2) is 8.10. The second-order valence-electron chi connectivity index (χ2n) is 3.84. The molecule has 0 aliphatic heterocycles. The van der Waals surface area contributed by atoms with Gasteiger partial charge < -0.3 is 14.8 Å². The molecule has 1 unspecified atom stereocenters. The van der Waals surface area contributed by atoms with Gasteiger partial charge in [-0.1, -0.05) is 0 Å². The van der Waals surface area contributed by atoms with E-state index in [-0.39, 0.29) is 6.04 Å². The van der Waals surface area contributed by atoms with Crippen LogP contribution in [0.2, 0.25) is 0 Å². The van der Waals surface area contributed by atoms with Crippen molar-refractivity contribution in [2.75, 3.05) is 34.0 Å². The lowest BCUT2D eigenvalue weighted by Gasteiger charge is -2.13. The SMILES string of the molecule is COCCNCc1nnnn1C(C)CCOC. The predicted molar refractivity (Wildman–Crippen MR) is 62.6 cm³/mol. The number of hydrogen-bond donors (Lipinski definition) is 1. The van der Waals surface area contributed by atoms with Crippen molar-refractivity contribution >= 4 is 0 Å². The minimum atomic E-state index is 0.240. The van der Waals surface area contributed by atoms with Gasteiger partial charge in [-0.25, -0.2) is 4.68 Å². The number of nitrogens with one attached hydrogen (secondary N) is 1. The van der Waals surface area contributed by atoms with Crippen molar-refractivity contribution in [1.82, 2.24) is 25.5 Å². The van der Waals surface area contributed by atoms with Gasteiger partial charge in [0, 0.05) is 27.4 Å². The monoisotopic (exact) mass is 243 g/mol. The summed E-state index contributed by atoms with van der Waals surface area (Å²) in [7, 11) is 3.37. The molecule has 7 heteroatoms. The van der Waals surface area contributed by atoms with E-state index in [0.717, 1.165) is 18.8 Å². The molecule has 0 saturated carbocycles. The van der Waals surface area contributed by atoms with Gasteiger partial charge in [-0.15, -0.1) is 5.10 Å². The van der Waals surface area contributed by atoms with Gasteiger partial charge in [0.15, 0.2) is 5.82 Å². The van der Waals surface area contributed by atoms with Crippen LogP contribution in [0.4, 0.5) is 0 Å². The minimum absolute atomic E-state index is 0.240. The van der Waals surface area contributed by atoms with Crippen LogP contribution in [-0.4, -0.2) is 54.2 Å². The lowest BCUT2D eigenvalue weighted by Crippen LogP contribution is -2.22. The van der Waals surface area contributed by atoms with Gasteiger partial charge in [0.05, 0.1) is 19.2 Å². The van der Waals surface area contributed by atoms with Crippen LogP contribution in [-0.2, 0) is 16.0 Å². The third kappa shape index (κ3) is 4.76. The summed E-state index contributed by atoms with van der Waals surface area (Å²) in [5, 5.41) is 14.9. The molecule has 7 nitrogen and oxygen atoms in total. The van der Waals surface area contributed by atoms with Gasteiger partial charge in [0.25, 0.3) is 0 Å². The zero-order valence-corrected chi connectivity index (χ0v) is 10.7. The Bertz CT molecular complexity index is 305. The molecule has 1 aromatic rings. The molecule has 0 bridgehead atoms. The van der Waals surface area contributed by atoms with Gasteiger partial charge in [-0.3, -0.25) is 0 Å². The van der Waals surface area contributed by atoms with Crippen molar-refractivity contribution in [3.8, 4) is 0 Å². The van der Waals surface area contributed by atoms with E-state index >= 15 is 0 Å². The standard InChI is InChI=1S/C10H21N5O2/c1-9(4-6-16-2)15-10(12-13-14-15)8-11-5-7-17-3/h9,11H,4-8H2,1-3H3. The van der Waals surface area contributed by atoms with Gasteiger partial charge in [0.2, 0.25) is 0 Å². The quantitative estimate of drug-likeness (QED) is 0.616. The highest BCUT2D eigenvalue weighted by molar-refractivity contribution is 4.82. The fourth-order valence-corrected chi connectivity index (χ4v) is 1.46. The van der Waals surface area contributed by atoms with Crippen molar-refractivity contribution in [1.29, 1.82) is 0 Å². The fourth-order valence-electron chi connectivity index (χ4n) is 1.46. The second-order valence-corrected chi connectivity index (χ2v) is 3.84. The van der Waals surface area contributed by atoms with Crippen LogP contribution in [0.5, 0.6) is 0 Å². The Balaban J connectivity index is 2.41. The van der Waals surface area contributed by atoms with E-state index in [4.69, 9.17) is 9.47 Å². The van der Waals surface area contributed by atoms with Gasteiger partial charge in [-0.2, -0.15) is 0 Å². The molecule has 0 saturated heterocycles. The van der Waals surface area contributed by atoms with E-state index in [2.05, 4.69) is 27.8 Å². The number of hydrogen-bond acceptors (Lipinski definition) is 6. The van der Waals surface area contributed by atoms with Crippen molar-refractivity contribution in [3.05, 3.63) is 5.82 Å². The summed E-state index contributed by atoms with van der Waals surface area (Å²) in [4.78, 5) is 0. The summed E-state index contributed by atoms with van der Waals surface area (Å²) in [5.74, 6) is 0.838. The van der Waals surface area contributed by atoms with E-state index in [1.165, 1.54) is 0 Å². The maximum atomic E-state index is 5.05. The summed E-state index contributed by atoms with van der Waals surface area (Å²) in [6.07, 6.45) is 0.895. The molecule has 1 aromatic heterocycles. The normalized spacial score (nSPS) is 12.9. The molecule has 0 spiro atoms. The Morgan fingerprint density at radius 2 is 2.06 bits per heavy atom. The highest BCUT2D eigenvalue weighted by Gasteiger charge is 2.12. The Hall–Kier alpha value is -1.05. The first-order valence-electron chi connectivity index (χ1n) is 5.75. The number of rotatable bonds is 9. The highest BCUT2D eigenvalue weighted by Crippen LogP contribution is 2.10. The average molecular weight is 243 g/mol. The van der Waals surface area contributed by atoms with Crippen LogP contribution >= 0.6 is 0 Å². The number of nitrogens with zero attached hydrogens (tertiary/aromatic N) is 4. The molecule has 0 aliphatic carbocycles. The molecule has 1 N–H and O–H groups in total. The molecule has 1 rings (SSSR count). The third-order valence-corrected chi connectivity index (χ3v) is 2.48. The average Bonchev–Trinajstić information content (AvgIpc) is 2.80. The Labute approximate surface area is 101 Å². The lowest BCUT2D eigenvalue weighted by molar-refractivity contribution is 0.177. The molecule has 98 valence electrons. The van der Waals surface area contributed by atoms with Gasteiger partial charge in [0.1, 0.15) is 0 Å². The van der Waals surface area contributed by atoms with Crippen molar-refractivity contribution in [2.45, 2.75) is 25.9 Å². The van der Waals surface area contributed by atoms with E-state index < -0.39 is 0 Å². The molecule has 0 amide bonds. The van der Waals surface area contributed by atoms with Crippen LogP contribution in [0.25, 0.3) is 0 Å². The van der Waals surface area contributed by atoms with Crippen LogP contribution < -0.4 is 5.32 Å². The molecule has 0 aliphatic rings. The molecule has 0 fully saturated rings. The number of aromatic nitrogens is 4. The first kappa shape index (κ1) is 14.0. The summed E-state index contributed by atoms with van der Waals surface area (Å²) < 4.78 is 11.8. The summed E-state index contributed by atoms with van der Waals surface area (Å²) in [5.41, 5.74) is 0. The molecule has 1 atom stereocenters. The summed E-state index contributed by atoms with van der Waals surface area (Å²) >= 11 is 0. The van der Waals surface area contributed by atoms with E-state index in [1.807, 2.05) is 4.68 Å². The summed E-state index contributed by atoms with van der Waals surface area (Å²) in [6, 6.07) is 0.240. The zero-order chi connectivity index (χ0) is 12.5. The van der Waals surface area contributed by atoms with E-state index in [0.29, 0.717) is 19.8 Å². The van der Waals surface area contributed by atoms with Crippen molar-refractivity contribution in [2.24, 2.45) is 0 Å². The van der Waals surface area contributed by atoms with Gasteiger partial charge >= 0.3 is 0 Å². The molecular formula is C10H21N5O2. The van der Waals surface area contributed by atoms with Crippen LogP contribution in [0.1, 0.15) is 25.2 Å². The highest BCUT2D eigenvalue weighted by atomic mass is 16.5. The molecule has 0 radical (unpaired) electrons. The fraction of sp³-hybridized carbons (Fsp3) is 0.900. The molecular weight excluding hydrogens is 222 g/mol. The Morgan fingerprint density at radius 1 is 1.29 bits per heavy atom. The largest absolute Gasteiger partial charge is 0.385 e. The van der Waals surface area contributed by atoms with Gasteiger partial charge in [-0.05, 0) is 23.8 Å². The van der Waals surface area contributed by atoms with Crippen LogP contribution in [0.3, 0.4) is 0 Å². The maximum Gasteiger partial charge on any atom is 0.165 e. The Kier molecular flexibility index (Phi) is 6.68. The van der Waals surface area contributed by atoms with Crippen molar-refractivity contribution in [3.63, 3.8) is 0 Å². The summed E-state index contributed by atoms with van der Waals surface area (Å²) in [6.45, 7) is 4.90. The Morgan fingerprint density at radius 3 is 2.76 bits per heavy atom. The van der Waals surface area contributed by atoms with Crippen LogP contribution in [0.15, 0.2) is 0 Å². The topological polar surface area (TPSA) is 74.1 Å². The van der Waals surface area contributed by atoms with Crippen LogP contribution in [0, 0.1) is 0 Å². The smallest absolute Gasteiger partial charge is 0.165 e. The maximum absolute atomic E-state index is 5.05. The molecule has 17 heavy (non-hydrogen) atoms. The van der Waals surface area contributed by atoms with Crippen molar-refractivity contribution < 1.29 is 9.47 Å². The first-order valence-corrected chi connectivity index (χ1v) is 5.75. The molecule has 1 heterocycles. The van der Waals surface area contributed by atoms with E-state index in [9.17, 15) is 0 Å². The predicted octanol–water partition coefficient (Wildman–Crippen LogP) is 0.00660. The third-order valence-electron chi connectivity index (χ3n) is 2.48. The number of ether oxygens (including phenoxy) is 2. The number of methoxy groups -OCH3 is 2. The molecule has 0 aromatic carbocycles. The minimum Gasteiger partial charge on any atom is -0.385 e. The van der Waals surface area contributed by atoms with E-state index in [1.54, 1.807) is 14.2 Å². The zero-order valence-electron chi connectivity index (χ0n) is 10.7.